The van der Waals surface area contributed by atoms with Crippen LogP contribution in [0.2, 0.25) is 0 Å². The maximum Gasteiger partial charge on any atom is 0.261 e. The number of nitrogens with zero attached hydrogens (tertiary/aromatic N) is 1. The lowest BCUT2D eigenvalue weighted by molar-refractivity contribution is 0.0758. The highest BCUT2D eigenvalue weighted by atomic mass is 16.2. The molecule has 1 saturated heterocycles. The van der Waals surface area contributed by atoms with E-state index in [9.17, 15) is 9.59 Å². The minimum atomic E-state index is -0.302. The van der Waals surface area contributed by atoms with Crippen LogP contribution in [0.1, 0.15) is 54.9 Å². The van der Waals surface area contributed by atoms with Gasteiger partial charge >= 0.3 is 0 Å². The molecule has 0 aliphatic carbocycles. The van der Waals surface area contributed by atoms with Gasteiger partial charge in [0.15, 0.2) is 0 Å². The number of hydrogen-bond acceptors (Lipinski definition) is 2. The first-order chi connectivity index (χ1) is 12.6. The predicted octanol–water partition coefficient (Wildman–Crippen LogP) is 4.39. The number of pyridine rings is 1. The number of carbonyl (C=O) groups excluding carboxylic acids is 1. The van der Waals surface area contributed by atoms with Gasteiger partial charge in [-0.2, -0.15) is 0 Å². The van der Waals surface area contributed by atoms with E-state index in [1.54, 1.807) is 6.07 Å². The summed E-state index contributed by atoms with van der Waals surface area (Å²) in [6.07, 6.45) is 5.67. The molecule has 1 amide bonds. The molecule has 0 bridgehead atoms. The highest BCUT2D eigenvalue weighted by Gasteiger charge is 2.23. The fraction of sp³-hybridized carbons (Fsp3) is 0.455. The van der Waals surface area contributed by atoms with Crippen LogP contribution in [-0.4, -0.2) is 28.9 Å². The van der Waals surface area contributed by atoms with Crippen LogP contribution < -0.4 is 5.56 Å². The average molecular weight is 352 g/mol. The SMILES string of the molecule is CCCC1CCCN(C(=O)c2ccc(-c3cccc(C)c3)[nH]c2=O)CC1. The van der Waals surface area contributed by atoms with Crippen LogP contribution in [0.5, 0.6) is 0 Å². The van der Waals surface area contributed by atoms with E-state index in [1.165, 1.54) is 19.3 Å². The third kappa shape index (κ3) is 4.24. The van der Waals surface area contributed by atoms with E-state index in [-0.39, 0.29) is 17.0 Å². The van der Waals surface area contributed by atoms with Gasteiger partial charge in [-0.15, -0.1) is 0 Å². The molecule has 1 aromatic heterocycles. The van der Waals surface area contributed by atoms with Crippen LogP contribution in [0.25, 0.3) is 11.3 Å². The van der Waals surface area contributed by atoms with Crippen molar-refractivity contribution < 1.29 is 4.79 Å². The minimum absolute atomic E-state index is 0.140. The first-order valence-corrected chi connectivity index (χ1v) is 9.68. The summed E-state index contributed by atoms with van der Waals surface area (Å²) >= 11 is 0. The van der Waals surface area contributed by atoms with Gasteiger partial charge < -0.3 is 9.88 Å². The first-order valence-electron chi connectivity index (χ1n) is 9.68. The number of likely N-dealkylation sites (tertiary alicyclic amines) is 1. The van der Waals surface area contributed by atoms with Gasteiger partial charge in [0.1, 0.15) is 5.56 Å². The second kappa shape index (κ2) is 8.35. The molecule has 1 N–H and O–H groups in total. The monoisotopic (exact) mass is 352 g/mol. The van der Waals surface area contributed by atoms with Gasteiger partial charge in [0.2, 0.25) is 0 Å². The zero-order valence-corrected chi connectivity index (χ0v) is 15.8. The Bertz CT molecular complexity index is 825. The van der Waals surface area contributed by atoms with Crippen molar-refractivity contribution in [3.8, 4) is 11.3 Å². The lowest BCUT2D eigenvalue weighted by atomic mass is 9.96. The van der Waals surface area contributed by atoms with Crippen molar-refractivity contribution in [1.29, 1.82) is 0 Å². The summed E-state index contributed by atoms with van der Waals surface area (Å²) in [5.74, 6) is 0.568. The van der Waals surface area contributed by atoms with Crippen LogP contribution in [0.4, 0.5) is 0 Å². The molecule has 1 aromatic carbocycles. The number of aryl methyl sites for hydroxylation is 1. The van der Waals surface area contributed by atoms with Crippen molar-refractivity contribution in [2.75, 3.05) is 13.1 Å². The number of nitrogens with one attached hydrogen (secondary N) is 1. The quantitative estimate of drug-likeness (QED) is 0.887. The summed E-state index contributed by atoms with van der Waals surface area (Å²) in [6, 6.07) is 11.5. The summed E-state index contributed by atoms with van der Waals surface area (Å²) in [5, 5.41) is 0. The molecular weight excluding hydrogens is 324 g/mol. The Morgan fingerprint density at radius 2 is 2.04 bits per heavy atom. The number of benzene rings is 1. The Kier molecular flexibility index (Phi) is 5.92. The molecule has 1 atom stereocenters. The van der Waals surface area contributed by atoms with Gasteiger partial charge in [-0.3, -0.25) is 9.59 Å². The lowest BCUT2D eigenvalue weighted by Crippen LogP contribution is -2.35. The molecule has 2 aromatic rings. The second-order valence-electron chi connectivity index (χ2n) is 7.36. The van der Waals surface area contributed by atoms with Crippen molar-refractivity contribution in [2.24, 2.45) is 5.92 Å². The van der Waals surface area contributed by atoms with Crippen molar-refractivity contribution in [3.63, 3.8) is 0 Å². The predicted molar refractivity (Wildman–Crippen MR) is 105 cm³/mol. The van der Waals surface area contributed by atoms with E-state index in [0.717, 1.165) is 42.8 Å². The maximum absolute atomic E-state index is 12.8. The molecule has 1 aliphatic rings. The average Bonchev–Trinajstić information content (AvgIpc) is 2.87. The van der Waals surface area contributed by atoms with Crippen LogP contribution in [0.15, 0.2) is 41.2 Å². The fourth-order valence-corrected chi connectivity index (χ4v) is 3.86. The lowest BCUT2D eigenvalue weighted by Gasteiger charge is -2.20. The van der Waals surface area contributed by atoms with Crippen LogP contribution in [-0.2, 0) is 0 Å². The third-order valence-corrected chi connectivity index (χ3v) is 5.30. The van der Waals surface area contributed by atoms with Crippen LogP contribution >= 0.6 is 0 Å². The smallest absolute Gasteiger partial charge is 0.261 e. The van der Waals surface area contributed by atoms with E-state index in [2.05, 4.69) is 11.9 Å². The summed E-state index contributed by atoms with van der Waals surface area (Å²) in [7, 11) is 0. The number of rotatable bonds is 4. The summed E-state index contributed by atoms with van der Waals surface area (Å²) in [5.41, 5.74) is 2.78. The largest absolute Gasteiger partial charge is 0.338 e. The molecule has 1 unspecified atom stereocenters. The molecular formula is C22H28N2O2. The van der Waals surface area contributed by atoms with Gasteiger partial charge in [0.05, 0.1) is 0 Å². The number of aromatic amines is 1. The van der Waals surface area contributed by atoms with Gasteiger partial charge in [-0.1, -0.05) is 43.5 Å². The van der Waals surface area contributed by atoms with Crippen molar-refractivity contribution in [1.82, 2.24) is 9.88 Å². The highest BCUT2D eigenvalue weighted by Crippen LogP contribution is 2.23. The first kappa shape index (κ1) is 18.4. The van der Waals surface area contributed by atoms with E-state index in [1.807, 2.05) is 42.2 Å². The summed E-state index contributed by atoms with van der Waals surface area (Å²) in [4.78, 5) is 30.1. The van der Waals surface area contributed by atoms with Gasteiger partial charge in [-0.05, 0) is 55.9 Å². The third-order valence-electron chi connectivity index (χ3n) is 5.30. The topological polar surface area (TPSA) is 53.2 Å². The molecule has 26 heavy (non-hydrogen) atoms. The zero-order valence-electron chi connectivity index (χ0n) is 15.8. The number of hydrogen-bond donors (Lipinski definition) is 1. The normalized spacial score (nSPS) is 17.8. The Balaban J connectivity index is 1.77. The number of aromatic nitrogens is 1. The summed E-state index contributed by atoms with van der Waals surface area (Å²) in [6.45, 7) is 5.73. The molecule has 4 heteroatoms. The van der Waals surface area contributed by atoms with Crippen LogP contribution in [0.3, 0.4) is 0 Å². The highest BCUT2D eigenvalue weighted by molar-refractivity contribution is 5.94. The standard InChI is InChI=1S/C22H28N2O2/c1-3-6-17-8-5-13-24(14-12-17)22(26)19-10-11-20(23-21(19)25)18-9-4-7-16(2)15-18/h4,7,9-11,15,17H,3,5-6,8,12-14H2,1-2H3,(H,23,25). The Labute approximate surface area is 155 Å². The zero-order chi connectivity index (χ0) is 18.5. The second-order valence-corrected chi connectivity index (χ2v) is 7.36. The molecule has 0 saturated carbocycles. The van der Waals surface area contributed by atoms with E-state index < -0.39 is 0 Å². The summed E-state index contributed by atoms with van der Waals surface area (Å²) < 4.78 is 0. The molecule has 2 heterocycles. The Morgan fingerprint density at radius 1 is 1.19 bits per heavy atom. The molecule has 0 radical (unpaired) electrons. The Morgan fingerprint density at radius 3 is 2.77 bits per heavy atom. The van der Waals surface area contributed by atoms with Gasteiger partial charge in [0.25, 0.3) is 11.5 Å². The number of carbonyl (C=O) groups is 1. The van der Waals surface area contributed by atoms with Gasteiger partial charge in [-0.25, -0.2) is 0 Å². The van der Waals surface area contributed by atoms with Crippen molar-refractivity contribution in [2.45, 2.75) is 46.0 Å². The minimum Gasteiger partial charge on any atom is -0.338 e. The molecule has 3 rings (SSSR count). The molecule has 1 fully saturated rings. The Hall–Kier alpha value is -2.36. The van der Waals surface area contributed by atoms with Gasteiger partial charge in [0, 0.05) is 18.8 Å². The van der Waals surface area contributed by atoms with Crippen molar-refractivity contribution in [3.05, 3.63) is 57.9 Å². The number of H-pyrrole nitrogens is 1. The van der Waals surface area contributed by atoms with E-state index >= 15 is 0 Å². The maximum atomic E-state index is 12.8. The van der Waals surface area contributed by atoms with E-state index in [0.29, 0.717) is 5.92 Å². The van der Waals surface area contributed by atoms with E-state index in [4.69, 9.17) is 0 Å². The number of amides is 1. The molecule has 1 aliphatic heterocycles. The molecule has 0 spiro atoms. The molecule has 138 valence electrons. The van der Waals surface area contributed by atoms with Crippen molar-refractivity contribution >= 4 is 5.91 Å². The molecule has 4 nitrogen and oxygen atoms in total. The fourth-order valence-electron chi connectivity index (χ4n) is 3.86. The van der Waals surface area contributed by atoms with Crippen LogP contribution in [0, 0.1) is 12.8 Å².